The fraction of sp³-hybridized carbons (Fsp3) is 0.353. The van der Waals surface area contributed by atoms with Gasteiger partial charge in [0.1, 0.15) is 0 Å². The number of rotatable bonds is 5. The van der Waals surface area contributed by atoms with Crippen molar-refractivity contribution in [2.75, 3.05) is 7.05 Å². The molecule has 0 saturated heterocycles. The summed E-state index contributed by atoms with van der Waals surface area (Å²) in [6.07, 6.45) is 3.90. The van der Waals surface area contributed by atoms with Crippen molar-refractivity contribution in [3.8, 4) is 11.4 Å². The molecule has 3 aromatic rings. The lowest BCUT2D eigenvalue weighted by Crippen LogP contribution is -2.22. The van der Waals surface area contributed by atoms with Gasteiger partial charge in [-0.1, -0.05) is 29.8 Å². The van der Waals surface area contributed by atoms with Crippen molar-refractivity contribution in [1.82, 2.24) is 29.0 Å². The predicted octanol–water partition coefficient (Wildman–Crippen LogP) is 2.75. The third kappa shape index (κ3) is 3.47. The van der Waals surface area contributed by atoms with Gasteiger partial charge in [0, 0.05) is 38.0 Å². The summed E-state index contributed by atoms with van der Waals surface area (Å²) >= 11 is 5.55. The molecule has 2 heterocycles. The van der Waals surface area contributed by atoms with E-state index in [4.69, 9.17) is 17.3 Å². The molecular weight excluding hydrogens is 320 g/mol. The summed E-state index contributed by atoms with van der Waals surface area (Å²) in [5.74, 6) is 0.884. The van der Waals surface area contributed by atoms with E-state index in [1.54, 1.807) is 0 Å². The van der Waals surface area contributed by atoms with E-state index in [-0.39, 0.29) is 0 Å². The highest BCUT2D eigenvalue weighted by Gasteiger charge is 2.11. The molecular formula is C17H22N6S. The topological polar surface area (TPSA) is 43.8 Å². The van der Waals surface area contributed by atoms with Crippen LogP contribution in [0.1, 0.15) is 11.1 Å². The summed E-state index contributed by atoms with van der Waals surface area (Å²) in [5.41, 5.74) is 3.47. The fourth-order valence-corrected chi connectivity index (χ4v) is 2.86. The van der Waals surface area contributed by atoms with E-state index >= 15 is 0 Å². The highest BCUT2D eigenvalue weighted by atomic mass is 32.1. The zero-order chi connectivity index (χ0) is 17.3. The predicted molar refractivity (Wildman–Crippen MR) is 96.9 cm³/mol. The van der Waals surface area contributed by atoms with Crippen LogP contribution in [0.15, 0.2) is 36.7 Å². The Morgan fingerprint density at radius 1 is 1.17 bits per heavy atom. The van der Waals surface area contributed by atoms with E-state index in [2.05, 4.69) is 48.2 Å². The van der Waals surface area contributed by atoms with E-state index in [0.717, 1.165) is 17.9 Å². The van der Waals surface area contributed by atoms with Gasteiger partial charge in [-0.25, -0.2) is 4.68 Å². The molecule has 3 rings (SSSR count). The second kappa shape index (κ2) is 6.70. The number of benzene rings is 1. The Labute approximate surface area is 146 Å². The number of aromatic nitrogens is 5. The first-order chi connectivity index (χ1) is 11.4. The minimum absolute atomic E-state index is 0.632. The van der Waals surface area contributed by atoms with Crippen molar-refractivity contribution < 1.29 is 0 Å². The maximum Gasteiger partial charge on any atom is 0.199 e. The molecule has 0 spiro atoms. The van der Waals surface area contributed by atoms with Crippen LogP contribution in [0.5, 0.6) is 0 Å². The Morgan fingerprint density at radius 2 is 1.88 bits per heavy atom. The molecule has 6 nitrogen and oxygen atoms in total. The molecule has 0 aliphatic heterocycles. The van der Waals surface area contributed by atoms with Crippen LogP contribution in [0, 0.1) is 11.7 Å². The van der Waals surface area contributed by atoms with Crippen molar-refractivity contribution >= 4 is 12.2 Å². The minimum atomic E-state index is 0.632. The first-order valence-electron chi connectivity index (χ1n) is 7.81. The van der Waals surface area contributed by atoms with Gasteiger partial charge in [-0.15, -0.1) is 0 Å². The van der Waals surface area contributed by atoms with Gasteiger partial charge in [-0.2, -0.15) is 10.2 Å². The minimum Gasteiger partial charge on any atom is -0.303 e. The molecule has 0 aliphatic carbocycles. The summed E-state index contributed by atoms with van der Waals surface area (Å²) in [6, 6.07) is 8.34. The third-order valence-electron chi connectivity index (χ3n) is 3.94. The normalized spacial score (nSPS) is 11.4. The van der Waals surface area contributed by atoms with Crippen LogP contribution in [0.25, 0.3) is 11.4 Å². The molecule has 0 atom stereocenters. The number of aryl methyl sites for hydroxylation is 2. The molecule has 0 amide bonds. The molecule has 0 bridgehead atoms. The van der Waals surface area contributed by atoms with E-state index in [1.165, 1.54) is 11.1 Å². The van der Waals surface area contributed by atoms with Gasteiger partial charge < -0.3 is 4.57 Å². The molecule has 0 fully saturated rings. The Kier molecular flexibility index (Phi) is 4.64. The smallest absolute Gasteiger partial charge is 0.199 e. The van der Waals surface area contributed by atoms with Gasteiger partial charge in [0.05, 0.1) is 12.9 Å². The van der Waals surface area contributed by atoms with Crippen LogP contribution in [0.2, 0.25) is 0 Å². The maximum absolute atomic E-state index is 5.55. The van der Waals surface area contributed by atoms with Crippen molar-refractivity contribution in [3.63, 3.8) is 0 Å². The molecule has 1 aromatic carbocycles. The SMILES string of the molecule is Cc1ccc(-c2nn(CN(C)Cc3cnn(C)c3)c(=S)n2C)cc1. The zero-order valence-electron chi connectivity index (χ0n) is 14.5. The van der Waals surface area contributed by atoms with E-state index in [9.17, 15) is 0 Å². The first-order valence-corrected chi connectivity index (χ1v) is 8.22. The van der Waals surface area contributed by atoms with E-state index < -0.39 is 0 Å². The summed E-state index contributed by atoms with van der Waals surface area (Å²) in [7, 11) is 5.93. The molecule has 126 valence electrons. The lowest BCUT2D eigenvalue weighted by molar-refractivity contribution is 0.244. The molecule has 0 radical (unpaired) electrons. The van der Waals surface area contributed by atoms with Crippen LogP contribution in [0.3, 0.4) is 0 Å². The van der Waals surface area contributed by atoms with Crippen molar-refractivity contribution in [1.29, 1.82) is 0 Å². The van der Waals surface area contributed by atoms with Gasteiger partial charge >= 0.3 is 0 Å². The molecule has 24 heavy (non-hydrogen) atoms. The first kappa shape index (κ1) is 16.6. The van der Waals surface area contributed by atoms with Gasteiger partial charge in [0.2, 0.25) is 0 Å². The molecule has 2 aromatic heterocycles. The van der Waals surface area contributed by atoms with Crippen molar-refractivity contribution in [2.45, 2.75) is 20.1 Å². The largest absolute Gasteiger partial charge is 0.303 e. The van der Waals surface area contributed by atoms with Crippen LogP contribution in [-0.4, -0.2) is 36.1 Å². The van der Waals surface area contributed by atoms with Gasteiger partial charge in [0.15, 0.2) is 10.6 Å². The lowest BCUT2D eigenvalue weighted by atomic mass is 10.1. The summed E-state index contributed by atoms with van der Waals surface area (Å²) in [5, 5.41) is 8.91. The Hall–Kier alpha value is -2.25. The average Bonchev–Trinajstić information content (AvgIpc) is 3.06. The summed E-state index contributed by atoms with van der Waals surface area (Å²) in [4.78, 5) is 2.17. The average molecular weight is 342 g/mol. The van der Waals surface area contributed by atoms with Gasteiger partial charge in [0.25, 0.3) is 0 Å². The van der Waals surface area contributed by atoms with Crippen LogP contribution in [-0.2, 0) is 27.3 Å². The maximum atomic E-state index is 5.55. The van der Waals surface area contributed by atoms with Crippen molar-refractivity contribution in [3.05, 3.63) is 52.6 Å². The number of nitrogens with zero attached hydrogens (tertiary/aromatic N) is 6. The van der Waals surface area contributed by atoms with E-state index in [0.29, 0.717) is 11.4 Å². The molecule has 0 N–H and O–H groups in total. The second-order valence-electron chi connectivity index (χ2n) is 6.21. The fourth-order valence-electron chi connectivity index (χ4n) is 2.68. The van der Waals surface area contributed by atoms with Crippen LogP contribution >= 0.6 is 12.2 Å². The highest BCUT2D eigenvalue weighted by molar-refractivity contribution is 7.71. The number of hydrogen-bond donors (Lipinski definition) is 0. The van der Waals surface area contributed by atoms with Crippen LogP contribution in [0.4, 0.5) is 0 Å². The Bertz CT molecular complexity index is 887. The van der Waals surface area contributed by atoms with Crippen molar-refractivity contribution in [2.24, 2.45) is 14.1 Å². The van der Waals surface area contributed by atoms with Crippen LogP contribution < -0.4 is 0 Å². The second-order valence-corrected chi connectivity index (χ2v) is 6.57. The Morgan fingerprint density at radius 3 is 2.50 bits per heavy atom. The monoisotopic (exact) mass is 342 g/mol. The molecule has 0 saturated carbocycles. The van der Waals surface area contributed by atoms with Gasteiger partial charge in [-0.3, -0.25) is 9.58 Å². The standard InChI is InChI=1S/C17H22N6S/c1-13-5-7-15(8-6-13)16-19-23(17(24)22(16)4)12-20(2)10-14-9-18-21(3)11-14/h5-9,11H,10,12H2,1-4H3. The highest BCUT2D eigenvalue weighted by Crippen LogP contribution is 2.18. The lowest BCUT2D eigenvalue weighted by Gasteiger charge is -2.15. The molecule has 0 unspecified atom stereocenters. The third-order valence-corrected chi connectivity index (χ3v) is 4.42. The van der Waals surface area contributed by atoms with E-state index in [1.807, 2.05) is 40.4 Å². The Balaban J connectivity index is 1.80. The molecule has 7 heteroatoms. The summed E-state index contributed by atoms with van der Waals surface area (Å²) < 4.78 is 6.34. The van der Waals surface area contributed by atoms with Gasteiger partial charge in [-0.05, 0) is 26.2 Å². The zero-order valence-corrected chi connectivity index (χ0v) is 15.3. The molecule has 0 aliphatic rings. The quantitative estimate of drug-likeness (QED) is 0.669. The summed E-state index contributed by atoms with van der Waals surface area (Å²) in [6.45, 7) is 3.51. The number of hydrogen-bond acceptors (Lipinski definition) is 4.